The van der Waals surface area contributed by atoms with Crippen molar-refractivity contribution in [3.05, 3.63) is 33.9 Å². The molecule has 0 saturated heterocycles. The molecule has 1 aromatic carbocycles. The smallest absolute Gasteiger partial charge is 0.280 e. The van der Waals surface area contributed by atoms with Crippen LogP contribution in [0.25, 0.3) is 0 Å². The lowest BCUT2D eigenvalue weighted by Crippen LogP contribution is -2.07. The maximum Gasteiger partial charge on any atom is 0.280 e. The number of hydrogen-bond donors (Lipinski definition) is 2. The van der Waals surface area contributed by atoms with E-state index in [0.29, 0.717) is 12.0 Å². The number of carbonyl (C=O) groups excluding carboxylic acids is 1. The minimum absolute atomic E-state index is 0.000417. The number of rotatable bonds is 3. The second-order valence-electron chi connectivity index (χ2n) is 2.29. The second-order valence-corrected chi connectivity index (χ2v) is 2.29. The molecule has 0 saturated carbocycles. The molecule has 0 fully saturated rings. The molecule has 0 aromatic heterocycles. The molecule has 1 aromatic rings. The highest BCUT2D eigenvalue weighted by Gasteiger charge is 2.12. The zero-order chi connectivity index (χ0) is 9.84. The van der Waals surface area contributed by atoms with Crippen LogP contribution in [0.5, 0.6) is 0 Å². The van der Waals surface area contributed by atoms with Crippen molar-refractivity contribution >= 4 is 17.7 Å². The van der Waals surface area contributed by atoms with Crippen molar-refractivity contribution in [3.63, 3.8) is 0 Å². The number of hydrogen-bond acceptors (Lipinski definition) is 5. The van der Waals surface area contributed by atoms with Crippen LogP contribution in [0.3, 0.4) is 0 Å². The zero-order valence-electron chi connectivity index (χ0n) is 6.56. The van der Waals surface area contributed by atoms with Crippen LogP contribution in [0, 0.1) is 10.1 Å². The van der Waals surface area contributed by atoms with Crippen LogP contribution in [-0.4, -0.2) is 11.2 Å². The Morgan fingerprint density at radius 2 is 2.23 bits per heavy atom. The highest BCUT2D eigenvalue weighted by Crippen LogP contribution is 2.20. The van der Waals surface area contributed by atoms with Gasteiger partial charge in [0.1, 0.15) is 0 Å². The highest BCUT2D eigenvalue weighted by atomic mass is 16.6. The van der Waals surface area contributed by atoms with Gasteiger partial charge in [0, 0.05) is 11.8 Å². The summed E-state index contributed by atoms with van der Waals surface area (Å²) < 4.78 is 0. The average Bonchev–Trinajstić information content (AvgIpc) is 2.16. The number of hydrazine groups is 1. The molecule has 3 N–H and O–H groups in total. The maximum atomic E-state index is 10.4. The van der Waals surface area contributed by atoms with E-state index in [2.05, 4.69) is 5.43 Å². The molecule has 0 aliphatic rings. The Kier molecular flexibility index (Phi) is 2.56. The second kappa shape index (κ2) is 3.63. The zero-order valence-corrected chi connectivity index (χ0v) is 6.56. The van der Waals surface area contributed by atoms with Gasteiger partial charge in [-0.2, -0.15) is 0 Å². The van der Waals surface area contributed by atoms with Gasteiger partial charge < -0.3 is 5.43 Å². The van der Waals surface area contributed by atoms with E-state index in [9.17, 15) is 14.9 Å². The molecule has 6 heteroatoms. The van der Waals surface area contributed by atoms with Crippen LogP contribution < -0.4 is 11.3 Å². The normalized spacial score (nSPS) is 9.31. The number of benzene rings is 1. The summed E-state index contributed by atoms with van der Waals surface area (Å²) in [7, 11) is 0. The third-order valence-corrected chi connectivity index (χ3v) is 1.52. The fourth-order valence-electron chi connectivity index (χ4n) is 0.905. The van der Waals surface area contributed by atoms with E-state index in [1.165, 1.54) is 18.2 Å². The third kappa shape index (κ3) is 1.79. The third-order valence-electron chi connectivity index (χ3n) is 1.52. The molecule has 0 aliphatic heterocycles. The number of nitrogens with one attached hydrogen (secondary N) is 1. The van der Waals surface area contributed by atoms with Crippen LogP contribution in [0.15, 0.2) is 18.2 Å². The molecule has 68 valence electrons. The van der Waals surface area contributed by atoms with Crippen molar-refractivity contribution in [3.8, 4) is 0 Å². The topological polar surface area (TPSA) is 98.3 Å². The molecule has 0 radical (unpaired) electrons. The van der Waals surface area contributed by atoms with Gasteiger partial charge in [-0.1, -0.05) is 0 Å². The Labute approximate surface area is 73.5 Å². The number of anilines is 1. The van der Waals surface area contributed by atoms with Crippen molar-refractivity contribution in [1.82, 2.24) is 0 Å². The maximum absolute atomic E-state index is 10.4. The number of nitrogen functional groups attached to an aromatic ring is 1. The van der Waals surface area contributed by atoms with Gasteiger partial charge in [-0.15, -0.1) is 0 Å². The molecule has 0 amide bonds. The predicted octanol–water partition coefficient (Wildman–Crippen LogP) is 0.693. The number of nitro groups is 1. The SMILES string of the molecule is NNc1ccc([N+](=O)[O-])c(C=O)c1. The Morgan fingerprint density at radius 3 is 2.69 bits per heavy atom. The lowest BCUT2D eigenvalue weighted by Gasteiger charge is -2.00. The number of nitrogens with two attached hydrogens (primary N) is 1. The van der Waals surface area contributed by atoms with Gasteiger partial charge in [0.2, 0.25) is 0 Å². The Bertz CT molecular complexity index is 351. The number of aldehydes is 1. The van der Waals surface area contributed by atoms with Gasteiger partial charge >= 0.3 is 0 Å². The van der Waals surface area contributed by atoms with Gasteiger partial charge in [-0.05, 0) is 12.1 Å². The fraction of sp³-hybridized carbons (Fsp3) is 0. The minimum atomic E-state index is -0.621. The summed E-state index contributed by atoms with van der Waals surface area (Å²) in [5, 5.41) is 10.4. The molecule has 0 unspecified atom stereocenters. The van der Waals surface area contributed by atoms with Crippen LogP contribution in [-0.2, 0) is 0 Å². The first-order valence-electron chi connectivity index (χ1n) is 3.39. The summed E-state index contributed by atoms with van der Waals surface area (Å²) >= 11 is 0. The average molecular weight is 181 g/mol. The monoisotopic (exact) mass is 181 g/mol. The van der Waals surface area contributed by atoms with Gasteiger partial charge in [0.25, 0.3) is 5.69 Å². The van der Waals surface area contributed by atoms with Crippen LogP contribution >= 0.6 is 0 Å². The van der Waals surface area contributed by atoms with Crippen LogP contribution in [0.4, 0.5) is 11.4 Å². The number of nitrogens with zero attached hydrogens (tertiary/aromatic N) is 1. The summed E-state index contributed by atoms with van der Waals surface area (Å²) in [6.07, 6.45) is 0.416. The molecule has 13 heavy (non-hydrogen) atoms. The molecular formula is C7H7N3O3. The van der Waals surface area contributed by atoms with E-state index in [1.807, 2.05) is 0 Å². The van der Waals surface area contributed by atoms with Crippen molar-refractivity contribution in [2.45, 2.75) is 0 Å². The fourth-order valence-corrected chi connectivity index (χ4v) is 0.905. The van der Waals surface area contributed by atoms with E-state index >= 15 is 0 Å². The summed E-state index contributed by atoms with van der Waals surface area (Å²) in [4.78, 5) is 20.2. The summed E-state index contributed by atoms with van der Waals surface area (Å²) in [6.45, 7) is 0. The summed E-state index contributed by atoms with van der Waals surface area (Å²) in [5.41, 5.74) is 2.51. The van der Waals surface area contributed by atoms with Gasteiger partial charge in [-0.25, -0.2) is 0 Å². The Hall–Kier alpha value is -1.95. The van der Waals surface area contributed by atoms with Gasteiger partial charge in [0.15, 0.2) is 6.29 Å². The van der Waals surface area contributed by atoms with Crippen molar-refractivity contribution in [2.75, 3.05) is 5.43 Å². The molecule has 0 spiro atoms. The van der Waals surface area contributed by atoms with Crippen LogP contribution in [0.1, 0.15) is 10.4 Å². The first-order valence-corrected chi connectivity index (χ1v) is 3.39. The quantitative estimate of drug-likeness (QED) is 0.309. The standard InChI is InChI=1S/C7H7N3O3/c8-9-6-1-2-7(10(12)13)5(3-6)4-11/h1-4,9H,8H2. The molecule has 0 aliphatic carbocycles. The van der Waals surface area contributed by atoms with E-state index in [0.717, 1.165) is 0 Å². The van der Waals surface area contributed by atoms with Gasteiger partial charge in [0.05, 0.1) is 10.5 Å². The molecule has 6 nitrogen and oxygen atoms in total. The van der Waals surface area contributed by atoms with E-state index in [-0.39, 0.29) is 11.3 Å². The number of carbonyl (C=O) groups is 1. The van der Waals surface area contributed by atoms with Crippen molar-refractivity contribution in [2.24, 2.45) is 5.84 Å². The lowest BCUT2D eigenvalue weighted by atomic mass is 10.2. The van der Waals surface area contributed by atoms with Crippen molar-refractivity contribution in [1.29, 1.82) is 0 Å². The predicted molar refractivity (Wildman–Crippen MR) is 46.3 cm³/mol. The lowest BCUT2D eigenvalue weighted by molar-refractivity contribution is -0.385. The van der Waals surface area contributed by atoms with E-state index in [1.54, 1.807) is 0 Å². The first-order chi connectivity index (χ1) is 6.19. The van der Waals surface area contributed by atoms with Crippen LogP contribution in [0.2, 0.25) is 0 Å². The minimum Gasteiger partial charge on any atom is -0.324 e. The Morgan fingerprint density at radius 1 is 1.54 bits per heavy atom. The van der Waals surface area contributed by atoms with E-state index < -0.39 is 4.92 Å². The largest absolute Gasteiger partial charge is 0.324 e. The summed E-state index contributed by atoms with van der Waals surface area (Å²) in [6, 6.07) is 3.95. The molecule has 0 bridgehead atoms. The Balaban J connectivity index is 3.23. The van der Waals surface area contributed by atoms with Gasteiger partial charge in [-0.3, -0.25) is 20.8 Å². The first kappa shape index (κ1) is 9.14. The molecule has 1 rings (SSSR count). The molecular weight excluding hydrogens is 174 g/mol. The van der Waals surface area contributed by atoms with E-state index in [4.69, 9.17) is 5.84 Å². The number of nitro benzene ring substituents is 1. The van der Waals surface area contributed by atoms with Crippen molar-refractivity contribution < 1.29 is 9.72 Å². The highest BCUT2D eigenvalue weighted by molar-refractivity contribution is 5.83. The molecule has 0 heterocycles. The summed E-state index contributed by atoms with van der Waals surface area (Å²) in [5.74, 6) is 5.06. The molecule has 0 atom stereocenters.